The average molecular weight is 820 g/mol. The number of ether oxygens (including phenoxy) is 1. The summed E-state index contributed by atoms with van der Waals surface area (Å²) in [6.07, 6.45) is -0.463. The summed E-state index contributed by atoms with van der Waals surface area (Å²) in [5.74, 6) is 0.993. The molecule has 0 radical (unpaired) electrons. The van der Waals surface area contributed by atoms with Crippen molar-refractivity contribution in [3.8, 4) is 11.5 Å². The van der Waals surface area contributed by atoms with Crippen LogP contribution in [0.2, 0.25) is 0 Å². The third kappa shape index (κ3) is 8.60. The van der Waals surface area contributed by atoms with Crippen LogP contribution >= 0.6 is 0 Å². The third-order valence-corrected chi connectivity index (χ3v) is 12.2. The van der Waals surface area contributed by atoms with Gasteiger partial charge in [-0.25, -0.2) is 9.78 Å². The van der Waals surface area contributed by atoms with Crippen molar-refractivity contribution >= 4 is 28.3 Å². The van der Waals surface area contributed by atoms with Crippen LogP contribution in [-0.2, 0) is 27.4 Å². The van der Waals surface area contributed by atoms with E-state index < -0.39 is 48.8 Å². The Hall–Kier alpha value is -4.49. The van der Waals surface area contributed by atoms with Gasteiger partial charge in [-0.1, -0.05) is 19.1 Å². The number of aliphatic hydroxyl groups excluding tert-OH is 4. The summed E-state index contributed by atoms with van der Waals surface area (Å²) < 4.78 is 13.7. The number of phenolic OH excluding ortho intramolecular Hbond substituents is 1. The number of aryl methyl sites for hydroxylation is 1. The number of nitrogens with zero attached hydrogens (tertiary/aromatic N) is 1. The minimum Gasteiger partial charge on any atom is -0.508 e. The minimum absolute atomic E-state index is 0.0208. The summed E-state index contributed by atoms with van der Waals surface area (Å²) in [5.41, 5.74) is 1.68. The smallest absolute Gasteiger partial charge is 0.222 e. The van der Waals surface area contributed by atoms with Crippen molar-refractivity contribution in [2.24, 2.45) is 10.9 Å². The van der Waals surface area contributed by atoms with Gasteiger partial charge in [0.1, 0.15) is 71.7 Å². The van der Waals surface area contributed by atoms with Gasteiger partial charge in [-0.15, -0.1) is 0 Å². The zero-order valence-electron chi connectivity index (χ0n) is 33.6. The van der Waals surface area contributed by atoms with Crippen LogP contribution in [0.5, 0.6) is 11.5 Å². The molecule has 0 saturated carbocycles. The van der Waals surface area contributed by atoms with Crippen molar-refractivity contribution in [3.63, 3.8) is 0 Å². The third-order valence-electron chi connectivity index (χ3n) is 12.2. The summed E-state index contributed by atoms with van der Waals surface area (Å²) in [7, 11) is 1.82. The van der Waals surface area contributed by atoms with Crippen LogP contribution in [0.1, 0.15) is 55.9 Å². The fourth-order valence-electron chi connectivity index (χ4n) is 8.89. The Morgan fingerprint density at radius 1 is 1.14 bits per heavy atom. The Labute approximate surface area is 341 Å². The highest BCUT2D eigenvalue weighted by molar-refractivity contribution is 6.07. The number of nitrogens with one attached hydrogen (secondary N) is 3. The number of aliphatic hydroxyl groups is 5. The first-order valence-electron chi connectivity index (χ1n) is 20.3. The van der Waals surface area contributed by atoms with Crippen LogP contribution in [0.25, 0.3) is 11.0 Å². The lowest BCUT2D eigenvalue weighted by molar-refractivity contribution is -0.776. The standard InChI is InChI=1S/C43H54N4O12/c1-4-32-29-10-13-45-31(29)21-47(32)37-39-27(17-30-33(50)15-24(2)57-40(30)37)18-35(43(58-39,12-14-44-3)11-9-26-16-36(52)46-20-26)59-56-23-42(55,41(54)38(53)34(51)22-48)19-25-5-7-28(49)8-6-25/h5-8,10,13,15,17,26,34-35,38,41,44,48-49,51,53-55H,4,9,11-12,14,16,18-23H2,1-3H3,(H,46,52)/p+1/t26-,34-,35-,38-,41+,42+,43+/m1/s1. The summed E-state index contributed by atoms with van der Waals surface area (Å²) in [6, 6.07) is 9.08. The molecule has 0 aliphatic carbocycles. The number of hydrogen-bond acceptors (Lipinski definition) is 14. The molecule has 16 heteroatoms. The van der Waals surface area contributed by atoms with Gasteiger partial charge in [0, 0.05) is 56.5 Å². The van der Waals surface area contributed by atoms with Crippen LogP contribution < -0.4 is 25.7 Å². The average Bonchev–Trinajstić information content (AvgIpc) is 3.95. The highest BCUT2D eigenvalue weighted by atomic mass is 17.2. The molecule has 1 saturated heterocycles. The second-order valence-electron chi connectivity index (χ2n) is 16.2. The first-order valence-corrected chi connectivity index (χ1v) is 20.3. The second-order valence-corrected chi connectivity index (χ2v) is 16.2. The van der Waals surface area contributed by atoms with Crippen LogP contribution in [0, 0.1) is 12.8 Å². The molecule has 318 valence electrons. The summed E-state index contributed by atoms with van der Waals surface area (Å²) in [5, 5.41) is 70.1. The SMILES string of the molecule is CCC1=C2C=CN=C2C[NH+]1c1c2c(cc3c(=O)cc(C)oc13)C[C@@H](OOC[C@@](O)(Cc1ccc(O)cc1)[C@@H](O)[C@H](O)[C@H](O)CO)[C@@](CCNC)(CC[C@H]1CNC(=O)C1)O2. The fraction of sp³-hybridized carbons (Fsp3) is 0.512. The number of allylic oxidation sites excluding steroid dienone is 2. The van der Waals surface area contributed by atoms with E-state index >= 15 is 0 Å². The van der Waals surface area contributed by atoms with Gasteiger partial charge in [-0.2, -0.15) is 0 Å². The van der Waals surface area contributed by atoms with Crippen LogP contribution in [-0.4, -0.2) is 118 Å². The molecule has 16 nitrogen and oxygen atoms in total. The van der Waals surface area contributed by atoms with Gasteiger partial charge < -0.3 is 50.4 Å². The first kappa shape index (κ1) is 42.6. The molecule has 4 aliphatic heterocycles. The topological polar surface area (TPSA) is 237 Å². The van der Waals surface area contributed by atoms with Crippen molar-refractivity contribution in [2.45, 2.75) is 94.4 Å². The molecule has 2 aromatic carbocycles. The molecule has 9 N–H and O–H groups in total. The number of fused-ring (bicyclic) bond motifs is 3. The summed E-state index contributed by atoms with van der Waals surface area (Å²) >= 11 is 0. The number of hydrogen-bond donors (Lipinski definition) is 9. The monoisotopic (exact) mass is 819 g/mol. The molecule has 1 unspecified atom stereocenters. The highest BCUT2D eigenvalue weighted by Crippen LogP contribution is 2.47. The number of phenols is 1. The molecule has 3 aromatic rings. The Morgan fingerprint density at radius 3 is 2.61 bits per heavy atom. The normalized spacial score (nSPS) is 25.0. The van der Waals surface area contributed by atoms with E-state index in [1.807, 2.05) is 13.1 Å². The van der Waals surface area contributed by atoms with Crippen molar-refractivity contribution < 1.29 is 59.3 Å². The van der Waals surface area contributed by atoms with Gasteiger partial charge in [0.05, 0.1) is 17.6 Å². The summed E-state index contributed by atoms with van der Waals surface area (Å²) in [6.45, 7) is 3.76. The minimum atomic E-state index is -2.28. The molecular weight excluding hydrogens is 764 g/mol. The lowest BCUT2D eigenvalue weighted by Crippen LogP contribution is -3.04. The van der Waals surface area contributed by atoms with E-state index in [0.29, 0.717) is 91.0 Å². The van der Waals surface area contributed by atoms with E-state index in [4.69, 9.17) is 18.9 Å². The fourth-order valence-corrected chi connectivity index (χ4v) is 8.89. The molecule has 7 rings (SSSR count). The lowest BCUT2D eigenvalue weighted by atomic mass is 9.79. The molecule has 1 fully saturated rings. The number of aliphatic imine (C=N–C) groups is 1. The molecule has 1 amide bonds. The van der Waals surface area contributed by atoms with E-state index in [0.717, 1.165) is 21.9 Å². The molecule has 0 spiro atoms. The molecular formula is C43H55N4O12+. The van der Waals surface area contributed by atoms with Crippen LogP contribution in [0.15, 0.2) is 74.1 Å². The van der Waals surface area contributed by atoms with Gasteiger partial charge in [-0.05, 0) is 69.1 Å². The zero-order valence-corrected chi connectivity index (χ0v) is 33.6. The maximum absolute atomic E-state index is 13.7. The highest BCUT2D eigenvalue weighted by Gasteiger charge is 2.51. The van der Waals surface area contributed by atoms with E-state index in [9.17, 15) is 40.2 Å². The van der Waals surface area contributed by atoms with Crippen LogP contribution in [0.3, 0.4) is 0 Å². The first-order chi connectivity index (χ1) is 28.3. The lowest BCUT2D eigenvalue weighted by Gasteiger charge is -2.45. The molecule has 8 atom stereocenters. The van der Waals surface area contributed by atoms with Gasteiger partial charge in [0.15, 0.2) is 11.2 Å². The van der Waals surface area contributed by atoms with E-state index in [1.165, 1.54) is 30.3 Å². The van der Waals surface area contributed by atoms with Crippen molar-refractivity contribution in [1.29, 1.82) is 0 Å². The predicted molar refractivity (Wildman–Crippen MR) is 215 cm³/mol. The van der Waals surface area contributed by atoms with Crippen molar-refractivity contribution in [2.75, 3.05) is 39.9 Å². The molecule has 1 aromatic heterocycles. The van der Waals surface area contributed by atoms with E-state index in [1.54, 1.807) is 19.2 Å². The van der Waals surface area contributed by atoms with Gasteiger partial charge in [-0.3, -0.25) is 19.5 Å². The number of quaternary nitrogens is 1. The largest absolute Gasteiger partial charge is 0.508 e. The maximum atomic E-state index is 13.7. The number of carbonyl (C=O) groups excluding carboxylic acids is 1. The Bertz CT molecular complexity index is 2190. The molecule has 5 heterocycles. The number of benzene rings is 2. The van der Waals surface area contributed by atoms with E-state index in [2.05, 4.69) is 22.5 Å². The number of aromatic hydroxyl groups is 1. The Morgan fingerprint density at radius 2 is 1.92 bits per heavy atom. The van der Waals surface area contributed by atoms with Crippen molar-refractivity contribution in [3.05, 3.63) is 87.1 Å². The van der Waals surface area contributed by atoms with E-state index in [-0.39, 0.29) is 35.8 Å². The maximum Gasteiger partial charge on any atom is 0.222 e. The number of rotatable bonds is 18. The Balaban J connectivity index is 1.30. The molecule has 59 heavy (non-hydrogen) atoms. The van der Waals surface area contributed by atoms with Gasteiger partial charge in [0.25, 0.3) is 0 Å². The van der Waals surface area contributed by atoms with Crippen molar-refractivity contribution in [1.82, 2.24) is 10.6 Å². The number of carbonyl (C=O) groups is 1. The molecule has 4 aliphatic rings. The van der Waals surface area contributed by atoms with Gasteiger partial charge in [0.2, 0.25) is 17.2 Å². The quantitative estimate of drug-likeness (QED) is 0.0631. The Kier molecular flexibility index (Phi) is 12.7. The van der Waals surface area contributed by atoms with Gasteiger partial charge >= 0.3 is 0 Å². The second kappa shape index (κ2) is 17.6. The predicted octanol–water partition coefficient (Wildman–Crippen LogP) is 0.535. The summed E-state index contributed by atoms with van der Waals surface area (Å²) in [4.78, 5) is 43.8. The zero-order chi connectivity index (χ0) is 42.1. The molecule has 0 bridgehead atoms. The number of amides is 1. The van der Waals surface area contributed by atoms with Crippen LogP contribution in [0.4, 0.5) is 5.69 Å².